The molecule has 0 fully saturated rings. The topological polar surface area (TPSA) is 0 Å². The highest BCUT2D eigenvalue weighted by atomic mass is 35.5. The average molecular weight is 369 g/mol. The van der Waals surface area contributed by atoms with Crippen LogP contribution in [0, 0.1) is 12.8 Å². The first-order valence-electron chi connectivity index (χ1n) is 9.96. The molecule has 0 bridgehead atoms. The summed E-state index contributed by atoms with van der Waals surface area (Å²) in [7, 11) is 0. The van der Waals surface area contributed by atoms with E-state index in [1.54, 1.807) is 11.1 Å². The van der Waals surface area contributed by atoms with Gasteiger partial charge in [0.2, 0.25) is 0 Å². The zero-order valence-electron chi connectivity index (χ0n) is 17.2. The third-order valence-corrected chi connectivity index (χ3v) is 6.61. The Morgan fingerprint density at radius 3 is 2.31 bits per heavy atom. The lowest BCUT2D eigenvalue weighted by atomic mass is 9.70. The van der Waals surface area contributed by atoms with E-state index in [-0.39, 0.29) is 10.8 Å². The normalized spacial score (nSPS) is 17.9. The molecule has 0 aliphatic heterocycles. The standard InChI is InChI=1S/C25H33Cl/c1-17-9-7-12-22(23(17)26)25(5,6)16-18-13-14-20-19(15-18)10-8-11-21(20)24(2,3)4/h7-12,18H,13-16H2,1-6H3. The van der Waals surface area contributed by atoms with E-state index >= 15 is 0 Å². The lowest BCUT2D eigenvalue weighted by Crippen LogP contribution is -2.27. The van der Waals surface area contributed by atoms with E-state index < -0.39 is 0 Å². The van der Waals surface area contributed by atoms with Crippen LogP contribution < -0.4 is 0 Å². The fraction of sp³-hybridized carbons (Fsp3) is 0.520. The Kier molecular flexibility index (Phi) is 5.28. The molecule has 1 aliphatic rings. The molecule has 26 heavy (non-hydrogen) atoms. The van der Waals surface area contributed by atoms with Crippen molar-refractivity contribution in [1.82, 2.24) is 0 Å². The zero-order valence-corrected chi connectivity index (χ0v) is 18.0. The third-order valence-electron chi connectivity index (χ3n) is 6.11. The second kappa shape index (κ2) is 7.04. The first kappa shape index (κ1) is 19.5. The first-order valence-corrected chi connectivity index (χ1v) is 10.3. The number of hydrogen-bond donors (Lipinski definition) is 0. The van der Waals surface area contributed by atoms with Crippen LogP contribution in [0.15, 0.2) is 36.4 Å². The van der Waals surface area contributed by atoms with Crippen molar-refractivity contribution in [1.29, 1.82) is 0 Å². The first-order chi connectivity index (χ1) is 12.1. The van der Waals surface area contributed by atoms with Gasteiger partial charge in [0.15, 0.2) is 0 Å². The summed E-state index contributed by atoms with van der Waals surface area (Å²) >= 11 is 6.65. The number of hydrogen-bond acceptors (Lipinski definition) is 0. The van der Waals surface area contributed by atoms with Crippen molar-refractivity contribution in [2.75, 3.05) is 0 Å². The molecule has 0 saturated carbocycles. The Bertz CT molecular complexity index is 792. The SMILES string of the molecule is Cc1cccc(C(C)(C)CC2CCc3c(cccc3C(C)(C)C)C2)c1Cl. The van der Waals surface area contributed by atoms with Crippen LogP contribution in [0.2, 0.25) is 5.02 Å². The van der Waals surface area contributed by atoms with E-state index in [2.05, 4.69) is 77.9 Å². The molecule has 0 spiro atoms. The van der Waals surface area contributed by atoms with Gasteiger partial charge in [0.05, 0.1) is 0 Å². The molecule has 1 heteroatoms. The highest BCUT2D eigenvalue weighted by Crippen LogP contribution is 2.41. The number of fused-ring (bicyclic) bond motifs is 1. The van der Waals surface area contributed by atoms with Crippen LogP contribution in [0.25, 0.3) is 0 Å². The number of halogens is 1. The zero-order chi connectivity index (χ0) is 19.1. The maximum atomic E-state index is 6.65. The Balaban J connectivity index is 1.83. The number of benzene rings is 2. The molecule has 0 amide bonds. The van der Waals surface area contributed by atoms with Crippen LogP contribution in [-0.4, -0.2) is 0 Å². The number of rotatable bonds is 3. The lowest BCUT2D eigenvalue weighted by Gasteiger charge is -2.35. The van der Waals surface area contributed by atoms with Gasteiger partial charge in [-0.3, -0.25) is 0 Å². The van der Waals surface area contributed by atoms with Gasteiger partial charge in [-0.25, -0.2) is 0 Å². The molecule has 3 rings (SSSR count). The molecular weight excluding hydrogens is 336 g/mol. The van der Waals surface area contributed by atoms with E-state index in [0.29, 0.717) is 0 Å². The summed E-state index contributed by atoms with van der Waals surface area (Å²) < 4.78 is 0. The second-order valence-corrected chi connectivity index (χ2v) is 10.2. The van der Waals surface area contributed by atoms with E-state index in [1.807, 2.05) is 0 Å². The molecule has 1 aliphatic carbocycles. The summed E-state index contributed by atoms with van der Waals surface area (Å²) in [4.78, 5) is 0. The molecule has 1 unspecified atom stereocenters. The minimum absolute atomic E-state index is 0.104. The van der Waals surface area contributed by atoms with Crippen LogP contribution in [0.5, 0.6) is 0 Å². The number of aryl methyl sites for hydroxylation is 1. The fourth-order valence-electron chi connectivity index (χ4n) is 4.76. The molecule has 1 atom stereocenters. The Morgan fingerprint density at radius 1 is 0.962 bits per heavy atom. The second-order valence-electron chi connectivity index (χ2n) is 9.83. The van der Waals surface area contributed by atoms with Gasteiger partial charge in [0, 0.05) is 5.02 Å². The maximum Gasteiger partial charge on any atom is 0.0472 e. The summed E-state index contributed by atoms with van der Waals surface area (Å²) in [5.41, 5.74) is 7.53. The quantitative estimate of drug-likeness (QED) is 0.528. The smallest absolute Gasteiger partial charge is 0.0472 e. The molecule has 0 radical (unpaired) electrons. The van der Waals surface area contributed by atoms with Crippen LogP contribution in [0.3, 0.4) is 0 Å². The van der Waals surface area contributed by atoms with Crippen molar-refractivity contribution in [2.45, 2.75) is 78.1 Å². The molecule has 2 aromatic rings. The van der Waals surface area contributed by atoms with Crippen LogP contribution in [0.4, 0.5) is 0 Å². The van der Waals surface area contributed by atoms with Crippen molar-refractivity contribution in [3.8, 4) is 0 Å². The maximum absolute atomic E-state index is 6.65. The predicted molar refractivity (Wildman–Crippen MR) is 114 cm³/mol. The minimum atomic E-state index is 0.104. The Hall–Kier alpha value is -1.27. The van der Waals surface area contributed by atoms with Crippen molar-refractivity contribution in [3.05, 3.63) is 69.2 Å². The predicted octanol–water partition coefficient (Wildman–Crippen LogP) is 7.42. The van der Waals surface area contributed by atoms with E-state index in [0.717, 1.165) is 10.9 Å². The molecule has 0 saturated heterocycles. The Labute approximate surface area is 165 Å². The van der Waals surface area contributed by atoms with Crippen molar-refractivity contribution < 1.29 is 0 Å². The highest BCUT2D eigenvalue weighted by molar-refractivity contribution is 6.32. The van der Waals surface area contributed by atoms with Crippen molar-refractivity contribution in [2.24, 2.45) is 5.92 Å². The summed E-state index contributed by atoms with van der Waals surface area (Å²) in [5, 5.41) is 0.948. The van der Waals surface area contributed by atoms with Gasteiger partial charge in [-0.1, -0.05) is 82.6 Å². The van der Waals surface area contributed by atoms with Gasteiger partial charge >= 0.3 is 0 Å². The minimum Gasteiger partial charge on any atom is -0.0837 e. The van der Waals surface area contributed by atoms with E-state index in [1.165, 1.54) is 42.4 Å². The van der Waals surface area contributed by atoms with Gasteiger partial charge in [-0.05, 0) is 77.2 Å². The monoisotopic (exact) mass is 368 g/mol. The van der Waals surface area contributed by atoms with Gasteiger partial charge in [-0.15, -0.1) is 0 Å². The van der Waals surface area contributed by atoms with Gasteiger partial charge < -0.3 is 0 Å². The van der Waals surface area contributed by atoms with Gasteiger partial charge in [0.25, 0.3) is 0 Å². The van der Waals surface area contributed by atoms with E-state index in [4.69, 9.17) is 11.6 Å². The third kappa shape index (κ3) is 3.86. The van der Waals surface area contributed by atoms with Crippen molar-refractivity contribution >= 4 is 11.6 Å². The van der Waals surface area contributed by atoms with E-state index in [9.17, 15) is 0 Å². The molecule has 2 aromatic carbocycles. The molecule has 0 heterocycles. The molecular formula is C25H33Cl. The van der Waals surface area contributed by atoms with Crippen LogP contribution >= 0.6 is 11.6 Å². The fourth-order valence-corrected chi connectivity index (χ4v) is 5.14. The summed E-state index contributed by atoms with van der Waals surface area (Å²) in [5.74, 6) is 0.726. The molecule has 0 nitrogen and oxygen atoms in total. The lowest BCUT2D eigenvalue weighted by molar-refractivity contribution is 0.328. The van der Waals surface area contributed by atoms with Crippen LogP contribution in [0.1, 0.15) is 75.3 Å². The molecule has 140 valence electrons. The average Bonchev–Trinajstić information content (AvgIpc) is 2.55. The van der Waals surface area contributed by atoms with Crippen molar-refractivity contribution in [3.63, 3.8) is 0 Å². The highest BCUT2D eigenvalue weighted by Gasteiger charge is 2.31. The molecule has 0 aromatic heterocycles. The summed E-state index contributed by atoms with van der Waals surface area (Å²) in [6, 6.07) is 13.4. The summed E-state index contributed by atoms with van der Waals surface area (Å²) in [6.45, 7) is 13.8. The summed E-state index contributed by atoms with van der Waals surface area (Å²) in [6.07, 6.45) is 4.89. The van der Waals surface area contributed by atoms with Gasteiger partial charge in [-0.2, -0.15) is 0 Å². The van der Waals surface area contributed by atoms with Gasteiger partial charge in [0.1, 0.15) is 0 Å². The molecule has 0 N–H and O–H groups in total. The Morgan fingerprint density at radius 2 is 1.62 bits per heavy atom. The largest absolute Gasteiger partial charge is 0.0837 e. The van der Waals surface area contributed by atoms with Crippen LogP contribution in [-0.2, 0) is 23.7 Å².